The summed E-state index contributed by atoms with van der Waals surface area (Å²) in [6.45, 7) is 5.50. The van der Waals surface area contributed by atoms with Crippen molar-refractivity contribution in [3.05, 3.63) is 0 Å². The highest BCUT2D eigenvalue weighted by Crippen LogP contribution is 2.29. The first-order chi connectivity index (χ1) is 6.49. The minimum absolute atomic E-state index is 0.117. The number of hydrogen-bond donors (Lipinski definition) is 3. The zero-order valence-electron chi connectivity index (χ0n) is 8.92. The van der Waals surface area contributed by atoms with Gasteiger partial charge in [0.1, 0.15) is 6.10 Å². The number of hydrogen-bond acceptors (Lipinski definition) is 4. The molecule has 1 saturated heterocycles. The third kappa shape index (κ3) is 2.08. The lowest BCUT2D eigenvalue weighted by Crippen LogP contribution is -2.56. The van der Waals surface area contributed by atoms with Gasteiger partial charge in [0.25, 0.3) is 0 Å². The number of aliphatic hydroxyl groups excluding tert-OH is 3. The monoisotopic (exact) mass is 204 g/mol. The van der Waals surface area contributed by atoms with Gasteiger partial charge in [0.05, 0.1) is 24.9 Å². The van der Waals surface area contributed by atoms with Crippen LogP contribution in [0.15, 0.2) is 0 Å². The summed E-state index contributed by atoms with van der Waals surface area (Å²) in [5.74, 6) is -0.105. The molecule has 0 amide bonds. The van der Waals surface area contributed by atoms with Gasteiger partial charge in [0.2, 0.25) is 0 Å². The lowest BCUT2D eigenvalue weighted by atomic mass is 9.85. The van der Waals surface area contributed by atoms with Crippen molar-refractivity contribution in [3.63, 3.8) is 0 Å². The third-order valence-electron chi connectivity index (χ3n) is 2.98. The fraction of sp³-hybridized carbons (Fsp3) is 1.00. The molecule has 0 spiro atoms. The molecule has 0 saturated carbocycles. The van der Waals surface area contributed by atoms with E-state index in [4.69, 9.17) is 9.84 Å². The summed E-state index contributed by atoms with van der Waals surface area (Å²) in [7, 11) is 0. The van der Waals surface area contributed by atoms with Crippen LogP contribution in [-0.2, 0) is 4.74 Å². The molecule has 84 valence electrons. The Morgan fingerprint density at radius 3 is 2.21 bits per heavy atom. The highest BCUT2D eigenvalue weighted by atomic mass is 16.5. The van der Waals surface area contributed by atoms with Crippen LogP contribution in [0.5, 0.6) is 0 Å². The number of ether oxygens (including phenoxy) is 1. The van der Waals surface area contributed by atoms with Crippen LogP contribution in [0.3, 0.4) is 0 Å². The van der Waals surface area contributed by atoms with E-state index in [1.54, 1.807) is 6.92 Å². The molecule has 1 heterocycles. The Bertz CT molecular complexity index is 181. The molecule has 1 fully saturated rings. The van der Waals surface area contributed by atoms with E-state index in [0.29, 0.717) is 0 Å². The van der Waals surface area contributed by atoms with Gasteiger partial charge in [0.15, 0.2) is 0 Å². The predicted molar refractivity (Wildman–Crippen MR) is 51.8 cm³/mol. The average molecular weight is 204 g/mol. The molecule has 5 atom stereocenters. The van der Waals surface area contributed by atoms with Crippen molar-refractivity contribution in [1.29, 1.82) is 0 Å². The van der Waals surface area contributed by atoms with Gasteiger partial charge in [-0.15, -0.1) is 0 Å². The topological polar surface area (TPSA) is 69.9 Å². The second kappa shape index (κ2) is 4.57. The highest BCUT2D eigenvalue weighted by molar-refractivity contribution is 4.90. The first-order valence-electron chi connectivity index (χ1n) is 5.11. The van der Waals surface area contributed by atoms with E-state index in [1.165, 1.54) is 0 Å². The molecular formula is C10H20O4. The minimum Gasteiger partial charge on any atom is -0.394 e. The van der Waals surface area contributed by atoms with Crippen LogP contribution in [0.25, 0.3) is 0 Å². The van der Waals surface area contributed by atoms with Crippen molar-refractivity contribution in [1.82, 2.24) is 0 Å². The first kappa shape index (κ1) is 11.9. The Labute approximate surface area is 84.5 Å². The molecule has 14 heavy (non-hydrogen) atoms. The minimum atomic E-state index is -0.854. The van der Waals surface area contributed by atoms with Crippen LogP contribution in [0.4, 0.5) is 0 Å². The van der Waals surface area contributed by atoms with E-state index in [0.717, 1.165) is 0 Å². The van der Waals surface area contributed by atoms with E-state index in [2.05, 4.69) is 0 Å². The quantitative estimate of drug-likeness (QED) is 0.580. The summed E-state index contributed by atoms with van der Waals surface area (Å²) in [4.78, 5) is 0. The maximum atomic E-state index is 9.73. The summed E-state index contributed by atoms with van der Waals surface area (Å²) in [5, 5.41) is 28.5. The molecule has 4 nitrogen and oxygen atoms in total. The molecule has 2 unspecified atom stereocenters. The van der Waals surface area contributed by atoms with E-state index in [-0.39, 0.29) is 24.5 Å². The van der Waals surface area contributed by atoms with Gasteiger partial charge in [-0.05, 0) is 5.92 Å². The Hall–Kier alpha value is -0.160. The van der Waals surface area contributed by atoms with Crippen LogP contribution in [0.2, 0.25) is 0 Å². The Morgan fingerprint density at radius 1 is 1.21 bits per heavy atom. The van der Waals surface area contributed by atoms with Gasteiger partial charge in [-0.1, -0.05) is 20.8 Å². The van der Waals surface area contributed by atoms with E-state index >= 15 is 0 Å². The Balaban J connectivity index is 2.73. The molecular weight excluding hydrogens is 184 g/mol. The van der Waals surface area contributed by atoms with E-state index in [1.807, 2.05) is 13.8 Å². The number of aliphatic hydroxyl groups is 3. The van der Waals surface area contributed by atoms with Gasteiger partial charge in [-0.25, -0.2) is 0 Å². The largest absolute Gasteiger partial charge is 0.394 e. The molecule has 1 aliphatic rings. The van der Waals surface area contributed by atoms with Crippen LogP contribution in [0.1, 0.15) is 20.8 Å². The summed E-state index contributed by atoms with van der Waals surface area (Å²) >= 11 is 0. The lowest BCUT2D eigenvalue weighted by Gasteiger charge is -2.42. The number of rotatable bonds is 2. The van der Waals surface area contributed by atoms with Crippen molar-refractivity contribution < 1.29 is 20.1 Å². The van der Waals surface area contributed by atoms with Crippen molar-refractivity contribution in [2.45, 2.75) is 45.2 Å². The van der Waals surface area contributed by atoms with E-state index < -0.39 is 18.3 Å². The maximum Gasteiger partial charge on any atom is 0.107 e. The maximum absolute atomic E-state index is 9.73. The third-order valence-corrected chi connectivity index (χ3v) is 2.98. The van der Waals surface area contributed by atoms with Gasteiger partial charge < -0.3 is 20.1 Å². The Kier molecular flexibility index (Phi) is 3.89. The standard InChI is InChI=1S/C10H20O4/c1-5(2)10-9(13)8(12)6(3)7(4-11)14-10/h5-13H,4H2,1-3H3/t6-,7-,8?,9?,10+/m1/s1. The second-order valence-electron chi connectivity index (χ2n) is 4.41. The van der Waals surface area contributed by atoms with Crippen LogP contribution < -0.4 is 0 Å². The fourth-order valence-corrected chi connectivity index (χ4v) is 1.89. The molecule has 4 heteroatoms. The zero-order chi connectivity index (χ0) is 10.9. The van der Waals surface area contributed by atoms with Gasteiger partial charge in [-0.3, -0.25) is 0 Å². The molecule has 0 aliphatic carbocycles. The van der Waals surface area contributed by atoms with Crippen molar-refractivity contribution in [2.75, 3.05) is 6.61 Å². The molecule has 1 rings (SSSR count). The molecule has 1 aliphatic heterocycles. The van der Waals surface area contributed by atoms with Crippen molar-refractivity contribution in [3.8, 4) is 0 Å². The molecule has 3 N–H and O–H groups in total. The molecule has 0 radical (unpaired) electrons. The molecule has 0 aromatic carbocycles. The van der Waals surface area contributed by atoms with Gasteiger partial charge in [-0.2, -0.15) is 0 Å². The highest BCUT2D eigenvalue weighted by Gasteiger charge is 2.42. The SMILES string of the molecule is CC(C)[C@@H]1O[C@H](CO)[C@@H](C)C(O)C1O. The molecule has 0 aromatic heterocycles. The lowest BCUT2D eigenvalue weighted by molar-refractivity contribution is -0.215. The summed E-state index contributed by atoms with van der Waals surface area (Å²) in [5.41, 5.74) is 0. The van der Waals surface area contributed by atoms with Crippen molar-refractivity contribution in [2.24, 2.45) is 11.8 Å². The summed E-state index contributed by atoms with van der Waals surface area (Å²) in [6.07, 6.45) is -2.43. The Morgan fingerprint density at radius 2 is 1.79 bits per heavy atom. The summed E-state index contributed by atoms with van der Waals surface area (Å²) in [6, 6.07) is 0. The van der Waals surface area contributed by atoms with Gasteiger partial charge in [0, 0.05) is 5.92 Å². The fourth-order valence-electron chi connectivity index (χ4n) is 1.89. The van der Waals surface area contributed by atoms with Crippen LogP contribution in [0, 0.1) is 11.8 Å². The van der Waals surface area contributed by atoms with Crippen molar-refractivity contribution >= 4 is 0 Å². The van der Waals surface area contributed by atoms with E-state index in [9.17, 15) is 10.2 Å². The normalized spacial score (nSPS) is 44.4. The van der Waals surface area contributed by atoms with Gasteiger partial charge >= 0.3 is 0 Å². The van der Waals surface area contributed by atoms with Crippen LogP contribution >= 0.6 is 0 Å². The predicted octanol–water partition coefficient (Wildman–Crippen LogP) is -0.240. The first-order valence-corrected chi connectivity index (χ1v) is 5.11. The average Bonchev–Trinajstić information content (AvgIpc) is 2.14. The smallest absolute Gasteiger partial charge is 0.107 e. The molecule has 0 bridgehead atoms. The second-order valence-corrected chi connectivity index (χ2v) is 4.41. The van der Waals surface area contributed by atoms with Crippen LogP contribution in [-0.4, -0.2) is 46.3 Å². The molecule has 0 aromatic rings. The summed E-state index contributed by atoms with van der Waals surface area (Å²) < 4.78 is 5.53. The zero-order valence-corrected chi connectivity index (χ0v) is 8.92.